The summed E-state index contributed by atoms with van der Waals surface area (Å²) in [4.78, 5) is 14.6. The monoisotopic (exact) mass is 319 g/mol. The van der Waals surface area contributed by atoms with Gasteiger partial charge in [-0.2, -0.15) is 0 Å². The minimum absolute atomic E-state index is 0.157. The number of fused-ring (bicyclic) bond motifs is 1. The molecule has 0 radical (unpaired) electrons. The van der Waals surface area contributed by atoms with Crippen LogP contribution < -0.4 is 0 Å². The van der Waals surface area contributed by atoms with Crippen LogP contribution in [0.4, 0.5) is 4.39 Å². The molecule has 1 saturated heterocycles. The number of amides is 1. The van der Waals surface area contributed by atoms with Gasteiger partial charge in [-0.1, -0.05) is 26.0 Å². The van der Waals surface area contributed by atoms with Gasteiger partial charge in [-0.3, -0.25) is 4.79 Å². The zero-order valence-electron chi connectivity index (χ0n) is 14.3. The van der Waals surface area contributed by atoms with Gasteiger partial charge in [-0.05, 0) is 41.9 Å². The largest absolute Gasteiger partial charge is 0.384 e. The number of methoxy groups -OCH3 is 1. The summed E-state index contributed by atoms with van der Waals surface area (Å²) < 4.78 is 18.4. The highest BCUT2D eigenvalue weighted by molar-refractivity contribution is 5.77. The van der Waals surface area contributed by atoms with E-state index in [0.717, 1.165) is 31.7 Å². The molecule has 126 valence electrons. The molecule has 23 heavy (non-hydrogen) atoms. The number of aryl methyl sites for hydroxylation is 1. The summed E-state index contributed by atoms with van der Waals surface area (Å²) in [6, 6.07) is 6.41. The van der Waals surface area contributed by atoms with E-state index in [-0.39, 0.29) is 17.1 Å². The molecule has 2 aliphatic rings. The summed E-state index contributed by atoms with van der Waals surface area (Å²) >= 11 is 0. The van der Waals surface area contributed by atoms with Crippen LogP contribution in [0, 0.1) is 22.6 Å². The van der Waals surface area contributed by atoms with E-state index in [1.54, 1.807) is 19.2 Å². The molecule has 4 heteroatoms. The minimum atomic E-state index is -0.236. The van der Waals surface area contributed by atoms with E-state index < -0.39 is 0 Å². The molecule has 0 spiro atoms. The maximum Gasteiger partial charge on any atom is 0.222 e. The quantitative estimate of drug-likeness (QED) is 0.833. The summed E-state index contributed by atoms with van der Waals surface area (Å²) in [6.45, 7) is 6.98. The molecule has 1 aromatic carbocycles. The molecule has 3 rings (SSSR count). The molecule has 2 atom stereocenters. The number of carbonyl (C=O) groups is 1. The van der Waals surface area contributed by atoms with Crippen LogP contribution in [0.3, 0.4) is 0 Å². The average molecular weight is 319 g/mol. The molecule has 1 aliphatic heterocycles. The van der Waals surface area contributed by atoms with E-state index in [0.29, 0.717) is 24.2 Å². The number of halogens is 1. The fourth-order valence-corrected chi connectivity index (χ4v) is 4.86. The Bertz CT molecular complexity index is 584. The predicted molar refractivity (Wildman–Crippen MR) is 87.5 cm³/mol. The second-order valence-electron chi connectivity index (χ2n) is 7.91. The van der Waals surface area contributed by atoms with Gasteiger partial charge >= 0.3 is 0 Å². The van der Waals surface area contributed by atoms with E-state index in [1.165, 1.54) is 12.1 Å². The first kappa shape index (κ1) is 16.4. The van der Waals surface area contributed by atoms with Crippen molar-refractivity contribution in [3.8, 4) is 0 Å². The van der Waals surface area contributed by atoms with Gasteiger partial charge in [-0.15, -0.1) is 0 Å². The molecule has 1 aliphatic carbocycles. The van der Waals surface area contributed by atoms with Gasteiger partial charge in [0.05, 0.1) is 6.61 Å². The lowest BCUT2D eigenvalue weighted by molar-refractivity contribution is -0.130. The van der Waals surface area contributed by atoms with Crippen molar-refractivity contribution in [3.63, 3.8) is 0 Å². The van der Waals surface area contributed by atoms with Gasteiger partial charge in [0.15, 0.2) is 0 Å². The van der Waals surface area contributed by atoms with Gasteiger partial charge in [0, 0.05) is 32.0 Å². The van der Waals surface area contributed by atoms with Crippen LogP contribution >= 0.6 is 0 Å². The van der Waals surface area contributed by atoms with Crippen molar-refractivity contribution in [2.75, 3.05) is 26.8 Å². The smallest absolute Gasteiger partial charge is 0.222 e. The highest BCUT2D eigenvalue weighted by atomic mass is 19.1. The summed E-state index contributed by atoms with van der Waals surface area (Å²) in [6.07, 6.45) is 2.28. The van der Waals surface area contributed by atoms with Crippen molar-refractivity contribution < 1.29 is 13.9 Å². The topological polar surface area (TPSA) is 29.5 Å². The zero-order valence-corrected chi connectivity index (χ0v) is 14.3. The van der Waals surface area contributed by atoms with Crippen molar-refractivity contribution in [1.29, 1.82) is 0 Å². The molecule has 3 nitrogen and oxygen atoms in total. The first-order valence-corrected chi connectivity index (χ1v) is 8.37. The molecule has 0 bridgehead atoms. The maximum atomic E-state index is 12.9. The van der Waals surface area contributed by atoms with Crippen molar-refractivity contribution in [2.45, 2.75) is 33.1 Å². The number of nitrogens with zero attached hydrogens (tertiary/aromatic N) is 1. The van der Waals surface area contributed by atoms with Crippen molar-refractivity contribution in [2.24, 2.45) is 16.7 Å². The molecule has 1 amide bonds. The van der Waals surface area contributed by atoms with E-state index in [2.05, 4.69) is 13.8 Å². The van der Waals surface area contributed by atoms with Crippen molar-refractivity contribution in [1.82, 2.24) is 4.90 Å². The third kappa shape index (κ3) is 3.01. The lowest BCUT2D eigenvalue weighted by Gasteiger charge is -2.56. The number of rotatable bonds is 5. The Kier molecular flexibility index (Phi) is 4.21. The van der Waals surface area contributed by atoms with Crippen LogP contribution in [0.1, 0.15) is 32.3 Å². The molecule has 1 heterocycles. The van der Waals surface area contributed by atoms with Gasteiger partial charge in [0.25, 0.3) is 0 Å². The molecular formula is C19H26FNO2. The number of likely N-dealkylation sites (tertiary alicyclic amines) is 1. The van der Waals surface area contributed by atoms with Crippen LogP contribution in [-0.2, 0) is 16.0 Å². The predicted octanol–water partition coefficient (Wildman–Crippen LogP) is 3.28. The van der Waals surface area contributed by atoms with Crippen LogP contribution in [0.5, 0.6) is 0 Å². The van der Waals surface area contributed by atoms with Crippen LogP contribution in [0.2, 0.25) is 0 Å². The van der Waals surface area contributed by atoms with E-state index >= 15 is 0 Å². The third-order valence-corrected chi connectivity index (χ3v) is 5.72. The number of carbonyl (C=O) groups excluding carboxylic acids is 1. The Morgan fingerprint density at radius 1 is 1.35 bits per heavy atom. The molecule has 0 aromatic heterocycles. The molecule has 0 N–H and O–H groups in total. The normalized spacial score (nSPS) is 28.3. The summed E-state index contributed by atoms with van der Waals surface area (Å²) in [5.41, 5.74) is 1.46. The average Bonchev–Trinajstić information content (AvgIpc) is 2.81. The highest BCUT2D eigenvalue weighted by Gasteiger charge is 2.63. The maximum absolute atomic E-state index is 12.9. The summed E-state index contributed by atoms with van der Waals surface area (Å²) in [5, 5.41) is 0. The van der Waals surface area contributed by atoms with Gasteiger partial charge < -0.3 is 9.64 Å². The standard InChI is InChI=1S/C19H26FNO2/c1-18(2)11-19(13-23-3)12-21(10-16(18)19)17(22)9-6-14-4-7-15(20)8-5-14/h4-5,7-8,16H,6,9-13H2,1-3H3/t16-,19-/m1/s1. The fraction of sp³-hybridized carbons (Fsp3) is 0.632. The SMILES string of the molecule is COC[C@@]12CN(C(=O)CCc3ccc(F)cc3)C[C@@H]1C(C)(C)C2. The Hall–Kier alpha value is -1.42. The zero-order chi connectivity index (χ0) is 16.7. The molecule has 0 unspecified atom stereocenters. The Morgan fingerprint density at radius 3 is 2.65 bits per heavy atom. The fourth-order valence-electron chi connectivity index (χ4n) is 4.86. The van der Waals surface area contributed by atoms with E-state index in [9.17, 15) is 9.18 Å². The Labute approximate surface area is 137 Å². The number of hydrogen-bond donors (Lipinski definition) is 0. The minimum Gasteiger partial charge on any atom is -0.384 e. The second-order valence-corrected chi connectivity index (χ2v) is 7.91. The molecular weight excluding hydrogens is 293 g/mol. The Morgan fingerprint density at radius 2 is 2.04 bits per heavy atom. The second kappa shape index (κ2) is 5.90. The van der Waals surface area contributed by atoms with E-state index in [1.807, 2.05) is 4.90 Å². The molecule has 1 aromatic rings. The lowest BCUT2D eigenvalue weighted by Crippen LogP contribution is -2.55. The first-order chi connectivity index (χ1) is 10.9. The van der Waals surface area contributed by atoms with Crippen LogP contribution in [0.15, 0.2) is 24.3 Å². The third-order valence-electron chi connectivity index (χ3n) is 5.72. The lowest BCUT2D eigenvalue weighted by atomic mass is 9.48. The number of hydrogen-bond acceptors (Lipinski definition) is 2. The van der Waals surface area contributed by atoms with Crippen LogP contribution in [-0.4, -0.2) is 37.6 Å². The highest BCUT2D eigenvalue weighted by Crippen LogP contribution is 2.62. The van der Waals surface area contributed by atoms with Crippen molar-refractivity contribution in [3.05, 3.63) is 35.6 Å². The van der Waals surface area contributed by atoms with Crippen LogP contribution in [0.25, 0.3) is 0 Å². The van der Waals surface area contributed by atoms with Gasteiger partial charge in [0.1, 0.15) is 5.82 Å². The Balaban J connectivity index is 1.59. The van der Waals surface area contributed by atoms with Crippen molar-refractivity contribution >= 4 is 5.91 Å². The first-order valence-electron chi connectivity index (χ1n) is 8.37. The van der Waals surface area contributed by atoms with Gasteiger partial charge in [-0.25, -0.2) is 4.39 Å². The molecule has 1 saturated carbocycles. The summed E-state index contributed by atoms with van der Waals surface area (Å²) in [7, 11) is 1.75. The summed E-state index contributed by atoms with van der Waals surface area (Å²) in [5.74, 6) is 0.500. The van der Waals surface area contributed by atoms with E-state index in [4.69, 9.17) is 4.74 Å². The van der Waals surface area contributed by atoms with Gasteiger partial charge in [0.2, 0.25) is 5.91 Å². The number of ether oxygens (including phenoxy) is 1. The number of benzene rings is 1. The molecule has 2 fully saturated rings.